The van der Waals surface area contributed by atoms with Gasteiger partial charge < -0.3 is 14.5 Å². The Morgan fingerprint density at radius 2 is 1.69 bits per heavy atom. The number of carbonyl (C=O) groups excluding carboxylic acids is 1. The van der Waals surface area contributed by atoms with Crippen molar-refractivity contribution in [3.63, 3.8) is 0 Å². The molecule has 0 fully saturated rings. The van der Waals surface area contributed by atoms with Crippen LogP contribution in [-0.4, -0.2) is 29.1 Å². The zero-order chi connectivity index (χ0) is 27.6. The standard InChI is InChI=1S/C32H34Cl2N2O3/c1-4-17-32(3,5-2)20-38-24-11-6-21(7-12-24)30-29-26(27-19-23(34)10-15-28(27)35-29)16-18-36(30)31(37)39-25-13-8-22(33)9-14-25/h6-15,19,30,35H,4-5,16-18,20H2,1-3H3. The highest BCUT2D eigenvalue weighted by Gasteiger charge is 2.36. The highest BCUT2D eigenvalue weighted by atomic mass is 35.5. The Hall–Kier alpha value is -3.15. The number of nitrogens with zero attached hydrogens (tertiary/aromatic N) is 1. The van der Waals surface area contributed by atoms with Gasteiger partial charge in [0.1, 0.15) is 17.5 Å². The predicted molar refractivity (Wildman–Crippen MR) is 158 cm³/mol. The Bertz CT molecular complexity index is 1450. The van der Waals surface area contributed by atoms with E-state index in [1.165, 1.54) is 5.56 Å². The number of benzene rings is 3. The van der Waals surface area contributed by atoms with Crippen molar-refractivity contribution >= 4 is 40.2 Å². The first-order valence-electron chi connectivity index (χ1n) is 13.6. The number of aromatic amines is 1. The Morgan fingerprint density at radius 1 is 1.00 bits per heavy atom. The molecule has 204 valence electrons. The number of amides is 1. The van der Waals surface area contributed by atoms with Gasteiger partial charge >= 0.3 is 6.09 Å². The highest BCUT2D eigenvalue weighted by Crippen LogP contribution is 2.40. The van der Waals surface area contributed by atoms with Crippen molar-refractivity contribution < 1.29 is 14.3 Å². The van der Waals surface area contributed by atoms with Crippen LogP contribution in [0, 0.1) is 5.41 Å². The van der Waals surface area contributed by atoms with Gasteiger partial charge in [-0.2, -0.15) is 0 Å². The number of nitrogens with one attached hydrogen (secondary N) is 1. The van der Waals surface area contributed by atoms with Crippen LogP contribution in [0.15, 0.2) is 66.7 Å². The van der Waals surface area contributed by atoms with Crippen LogP contribution >= 0.6 is 23.2 Å². The van der Waals surface area contributed by atoms with E-state index in [0.717, 1.165) is 47.2 Å². The van der Waals surface area contributed by atoms with Gasteiger partial charge in [0, 0.05) is 38.6 Å². The SMILES string of the molecule is CCCC(C)(CC)COc1ccc(C2c3[nH]c4ccc(Cl)cc4c3CCN2C(=O)Oc2ccc(Cl)cc2)cc1. The Labute approximate surface area is 240 Å². The van der Waals surface area contributed by atoms with Crippen molar-refractivity contribution in [2.24, 2.45) is 5.41 Å². The van der Waals surface area contributed by atoms with Crippen molar-refractivity contribution in [3.05, 3.63) is 93.6 Å². The third-order valence-electron chi connectivity index (χ3n) is 7.83. The lowest BCUT2D eigenvalue weighted by Gasteiger charge is -2.35. The fourth-order valence-electron chi connectivity index (χ4n) is 5.42. The molecule has 0 aliphatic carbocycles. The number of H-pyrrole nitrogens is 1. The molecule has 5 nitrogen and oxygen atoms in total. The van der Waals surface area contributed by atoms with Crippen LogP contribution in [0.4, 0.5) is 4.79 Å². The van der Waals surface area contributed by atoms with Gasteiger partial charge in [-0.3, -0.25) is 4.90 Å². The second kappa shape index (κ2) is 11.5. The summed E-state index contributed by atoms with van der Waals surface area (Å²) in [7, 11) is 0. The van der Waals surface area contributed by atoms with E-state index in [1.54, 1.807) is 29.2 Å². The van der Waals surface area contributed by atoms with Crippen molar-refractivity contribution in [1.82, 2.24) is 9.88 Å². The molecule has 0 saturated heterocycles. The average molecular weight is 566 g/mol. The maximum atomic E-state index is 13.5. The van der Waals surface area contributed by atoms with E-state index in [-0.39, 0.29) is 11.5 Å². The fourth-order valence-corrected chi connectivity index (χ4v) is 5.72. The maximum Gasteiger partial charge on any atom is 0.416 e. The van der Waals surface area contributed by atoms with E-state index >= 15 is 0 Å². The summed E-state index contributed by atoms with van der Waals surface area (Å²) >= 11 is 12.4. The molecule has 3 aromatic carbocycles. The maximum absolute atomic E-state index is 13.5. The van der Waals surface area contributed by atoms with E-state index in [4.69, 9.17) is 32.7 Å². The number of ether oxygens (including phenoxy) is 2. The van der Waals surface area contributed by atoms with Gasteiger partial charge in [-0.1, -0.05) is 62.5 Å². The molecule has 1 N–H and O–H groups in total. The number of hydrogen-bond donors (Lipinski definition) is 1. The lowest BCUT2D eigenvalue weighted by molar-refractivity contribution is 0.135. The lowest BCUT2D eigenvalue weighted by Crippen LogP contribution is -2.42. The van der Waals surface area contributed by atoms with Gasteiger partial charge in [0.15, 0.2) is 0 Å². The summed E-state index contributed by atoms with van der Waals surface area (Å²) in [6, 6.07) is 20.4. The number of halogens is 2. The first-order chi connectivity index (χ1) is 18.8. The zero-order valence-electron chi connectivity index (χ0n) is 22.6. The molecule has 2 atom stereocenters. The minimum atomic E-state index is -0.414. The molecule has 0 spiro atoms. The number of hydrogen-bond acceptors (Lipinski definition) is 3. The van der Waals surface area contributed by atoms with Crippen LogP contribution < -0.4 is 9.47 Å². The second-order valence-corrected chi connectivity index (χ2v) is 11.5. The minimum absolute atomic E-state index is 0.152. The van der Waals surface area contributed by atoms with Crippen LogP contribution in [0.3, 0.4) is 0 Å². The first-order valence-corrected chi connectivity index (χ1v) is 14.3. The summed E-state index contributed by atoms with van der Waals surface area (Å²) in [5.74, 6) is 1.27. The summed E-state index contributed by atoms with van der Waals surface area (Å²) in [5, 5.41) is 2.36. The van der Waals surface area contributed by atoms with Crippen molar-refractivity contribution in [3.8, 4) is 11.5 Å². The first kappa shape index (κ1) is 27.4. The van der Waals surface area contributed by atoms with Crippen LogP contribution in [0.25, 0.3) is 10.9 Å². The summed E-state index contributed by atoms with van der Waals surface area (Å²) in [4.78, 5) is 18.9. The quantitative estimate of drug-likeness (QED) is 0.232. The summed E-state index contributed by atoms with van der Waals surface area (Å²) in [6.45, 7) is 7.89. The lowest BCUT2D eigenvalue weighted by atomic mass is 9.84. The largest absolute Gasteiger partial charge is 0.493 e. The number of carbonyl (C=O) groups is 1. The number of aromatic nitrogens is 1. The molecule has 0 bridgehead atoms. The fraction of sp³-hybridized carbons (Fsp3) is 0.344. The van der Waals surface area contributed by atoms with E-state index in [9.17, 15) is 4.79 Å². The predicted octanol–water partition coefficient (Wildman–Crippen LogP) is 9.22. The molecule has 1 amide bonds. The van der Waals surface area contributed by atoms with Gasteiger partial charge in [-0.15, -0.1) is 0 Å². The molecule has 7 heteroatoms. The topological polar surface area (TPSA) is 54.6 Å². The van der Waals surface area contributed by atoms with Gasteiger partial charge in [0.25, 0.3) is 0 Å². The molecule has 0 saturated carbocycles. The normalized spacial score (nSPS) is 16.5. The minimum Gasteiger partial charge on any atom is -0.493 e. The van der Waals surface area contributed by atoms with Gasteiger partial charge in [-0.05, 0) is 85.0 Å². The van der Waals surface area contributed by atoms with Gasteiger partial charge in [0.05, 0.1) is 6.61 Å². The molecule has 2 heterocycles. The monoisotopic (exact) mass is 564 g/mol. The summed E-state index contributed by atoms with van der Waals surface area (Å²) in [6.07, 6.45) is 3.61. The Balaban J connectivity index is 1.46. The number of rotatable bonds is 8. The molecule has 1 aliphatic heterocycles. The van der Waals surface area contributed by atoms with Crippen LogP contribution in [0.2, 0.25) is 10.0 Å². The van der Waals surface area contributed by atoms with E-state index in [2.05, 4.69) is 25.8 Å². The molecule has 1 aromatic heterocycles. The number of fused-ring (bicyclic) bond motifs is 3. The smallest absolute Gasteiger partial charge is 0.416 e. The second-order valence-electron chi connectivity index (χ2n) is 10.6. The van der Waals surface area contributed by atoms with E-state index in [1.807, 2.05) is 42.5 Å². The molecular formula is C32H34Cl2N2O3. The summed E-state index contributed by atoms with van der Waals surface area (Å²) < 4.78 is 12.0. The molecule has 1 aliphatic rings. The molecule has 5 rings (SSSR count). The van der Waals surface area contributed by atoms with Gasteiger partial charge in [0.2, 0.25) is 0 Å². The van der Waals surface area contributed by atoms with Crippen molar-refractivity contribution in [2.75, 3.05) is 13.2 Å². The zero-order valence-corrected chi connectivity index (χ0v) is 24.1. The van der Waals surface area contributed by atoms with E-state index < -0.39 is 6.09 Å². The summed E-state index contributed by atoms with van der Waals surface area (Å²) in [5.41, 5.74) is 4.27. The molecule has 39 heavy (non-hydrogen) atoms. The average Bonchev–Trinajstić information content (AvgIpc) is 3.31. The van der Waals surface area contributed by atoms with Crippen LogP contribution in [0.1, 0.15) is 62.9 Å². The molecule has 2 unspecified atom stereocenters. The highest BCUT2D eigenvalue weighted by molar-refractivity contribution is 6.31. The molecular weight excluding hydrogens is 531 g/mol. The molecule has 0 radical (unpaired) electrons. The van der Waals surface area contributed by atoms with E-state index in [0.29, 0.717) is 35.4 Å². The van der Waals surface area contributed by atoms with Crippen LogP contribution in [0.5, 0.6) is 11.5 Å². The van der Waals surface area contributed by atoms with Crippen LogP contribution in [-0.2, 0) is 6.42 Å². The third-order valence-corrected chi connectivity index (χ3v) is 8.32. The Kier molecular flexibility index (Phi) is 8.11. The van der Waals surface area contributed by atoms with Crippen molar-refractivity contribution in [2.45, 2.75) is 52.5 Å². The molecule has 4 aromatic rings. The Morgan fingerprint density at radius 3 is 2.38 bits per heavy atom. The van der Waals surface area contributed by atoms with Crippen molar-refractivity contribution in [1.29, 1.82) is 0 Å². The third kappa shape index (κ3) is 5.90. The van der Waals surface area contributed by atoms with Gasteiger partial charge in [-0.25, -0.2) is 4.79 Å².